The zero-order chi connectivity index (χ0) is 12.2. The smallest absolute Gasteiger partial charge is 0.311 e. The van der Waals surface area contributed by atoms with Crippen LogP contribution in [-0.2, 0) is 9.53 Å². The zero-order valence-electron chi connectivity index (χ0n) is 10.7. The molecule has 1 fully saturated rings. The second-order valence-electron chi connectivity index (χ2n) is 4.71. The molecule has 94 valence electrons. The van der Waals surface area contributed by atoms with Crippen LogP contribution in [0, 0.1) is 11.8 Å². The van der Waals surface area contributed by atoms with E-state index in [4.69, 9.17) is 4.74 Å². The van der Waals surface area contributed by atoms with Crippen molar-refractivity contribution in [3.8, 4) is 0 Å². The average molecular weight is 228 g/mol. The summed E-state index contributed by atoms with van der Waals surface area (Å²) in [6.45, 7) is 6.20. The van der Waals surface area contributed by atoms with Crippen LogP contribution in [0.1, 0.15) is 52.9 Å². The van der Waals surface area contributed by atoms with E-state index in [-0.39, 0.29) is 11.9 Å². The molecule has 0 aromatic heterocycles. The van der Waals surface area contributed by atoms with Gasteiger partial charge in [0.05, 0.1) is 18.1 Å². The molecule has 0 aromatic carbocycles. The fourth-order valence-corrected chi connectivity index (χ4v) is 2.51. The third-order valence-electron chi connectivity index (χ3n) is 3.60. The molecule has 0 saturated heterocycles. The number of carbonyl (C=O) groups is 1. The minimum Gasteiger partial charge on any atom is -0.466 e. The molecule has 0 aliphatic heterocycles. The summed E-state index contributed by atoms with van der Waals surface area (Å²) in [5.41, 5.74) is -0.831. The molecule has 0 radical (unpaired) electrons. The molecule has 3 heteroatoms. The lowest BCUT2D eigenvalue weighted by Crippen LogP contribution is -2.44. The number of aliphatic hydroxyl groups is 1. The maximum absolute atomic E-state index is 11.9. The first-order valence-corrected chi connectivity index (χ1v) is 6.49. The van der Waals surface area contributed by atoms with Crippen LogP contribution >= 0.6 is 0 Å². The minimum absolute atomic E-state index is 0.222. The van der Waals surface area contributed by atoms with Gasteiger partial charge in [0.15, 0.2) is 0 Å². The lowest BCUT2D eigenvalue weighted by molar-refractivity contribution is -0.161. The molecular weight excluding hydrogens is 204 g/mol. The SMILES string of the molecule is CCCC(C(=O)OCC)C(O)(CC)C1CC1. The Hall–Kier alpha value is -0.570. The highest BCUT2D eigenvalue weighted by molar-refractivity contribution is 5.74. The third-order valence-corrected chi connectivity index (χ3v) is 3.60. The highest BCUT2D eigenvalue weighted by atomic mass is 16.5. The second-order valence-corrected chi connectivity index (χ2v) is 4.71. The first-order chi connectivity index (χ1) is 7.60. The molecule has 2 atom stereocenters. The molecule has 1 aliphatic rings. The summed E-state index contributed by atoms with van der Waals surface area (Å²) in [6.07, 6.45) is 4.35. The van der Waals surface area contributed by atoms with E-state index in [1.54, 1.807) is 0 Å². The standard InChI is InChI=1S/C13H24O3/c1-4-7-11(12(14)16-6-3)13(15,5-2)10-8-9-10/h10-11,15H,4-9H2,1-3H3. The quantitative estimate of drug-likeness (QED) is 0.681. The van der Waals surface area contributed by atoms with Gasteiger partial charge in [-0.15, -0.1) is 0 Å². The van der Waals surface area contributed by atoms with Crippen molar-refractivity contribution in [1.29, 1.82) is 0 Å². The number of hydrogen-bond acceptors (Lipinski definition) is 3. The number of rotatable bonds is 7. The number of carbonyl (C=O) groups excluding carboxylic acids is 1. The number of hydrogen-bond donors (Lipinski definition) is 1. The van der Waals surface area contributed by atoms with Crippen molar-refractivity contribution in [3.05, 3.63) is 0 Å². The van der Waals surface area contributed by atoms with Gasteiger partial charge in [0, 0.05) is 0 Å². The van der Waals surface area contributed by atoms with Crippen molar-refractivity contribution in [1.82, 2.24) is 0 Å². The summed E-state index contributed by atoms with van der Waals surface area (Å²) >= 11 is 0. The summed E-state index contributed by atoms with van der Waals surface area (Å²) in [5.74, 6) is -0.256. The van der Waals surface area contributed by atoms with Crippen LogP contribution in [-0.4, -0.2) is 23.3 Å². The van der Waals surface area contributed by atoms with Crippen molar-refractivity contribution >= 4 is 5.97 Å². The first-order valence-electron chi connectivity index (χ1n) is 6.49. The van der Waals surface area contributed by atoms with Crippen LogP contribution in [0.15, 0.2) is 0 Å². The highest BCUT2D eigenvalue weighted by Crippen LogP contribution is 2.47. The molecule has 2 unspecified atom stereocenters. The van der Waals surface area contributed by atoms with Gasteiger partial charge in [0.25, 0.3) is 0 Å². The van der Waals surface area contributed by atoms with Crippen LogP contribution in [0.4, 0.5) is 0 Å². The van der Waals surface area contributed by atoms with Crippen LogP contribution in [0.25, 0.3) is 0 Å². The van der Waals surface area contributed by atoms with Gasteiger partial charge >= 0.3 is 5.97 Å². The van der Waals surface area contributed by atoms with Gasteiger partial charge in [-0.05, 0) is 38.5 Å². The molecule has 0 spiro atoms. The topological polar surface area (TPSA) is 46.5 Å². The molecule has 1 rings (SSSR count). The highest BCUT2D eigenvalue weighted by Gasteiger charge is 2.50. The fraction of sp³-hybridized carbons (Fsp3) is 0.923. The summed E-state index contributed by atoms with van der Waals surface area (Å²) in [5, 5.41) is 10.6. The molecular formula is C13H24O3. The van der Waals surface area contributed by atoms with Gasteiger partial charge in [-0.25, -0.2) is 0 Å². The van der Waals surface area contributed by atoms with Crippen molar-refractivity contribution in [3.63, 3.8) is 0 Å². The molecule has 1 N–H and O–H groups in total. The number of ether oxygens (including phenoxy) is 1. The monoisotopic (exact) mass is 228 g/mol. The zero-order valence-corrected chi connectivity index (χ0v) is 10.7. The van der Waals surface area contributed by atoms with E-state index in [2.05, 4.69) is 0 Å². The Labute approximate surface area is 98.2 Å². The Morgan fingerprint density at radius 1 is 1.44 bits per heavy atom. The van der Waals surface area contributed by atoms with Crippen molar-refractivity contribution in [2.75, 3.05) is 6.61 Å². The van der Waals surface area contributed by atoms with Crippen LogP contribution in [0.5, 0.6) is 0 Å². The average Bonchev–Trinajstić information content (AvgIpc) is 3.09. The largest absolute Gasteiger partial charge is 0.466 e. The molecule has 3 nitrogen and oxygen atoms in total. The molecule has 0 bridgehead atoms. The van der Waals surface area contributed by atoms with Crippen LogP contribution < -0.4 is 0 Å². The lowest BCUT2D eigenvalue weighted by atomic mass is 9.78. The van der Waals surface area contributed by atoms with Crippen molar-refractivity contribution in [2.45, 2.75) is 58.5 Å². The Kier molecular flexibility index (Phi) is 4.78. The van der Waals surface area contributed by atoms with Gasteiger partial charge in [0.2, 0.25) is 0 Å². The predicted molar refractivity (Wildman–Crippen MR) is 63.0 cm³/mol. The molecule has 0 heterocycles. The van der Waals surface area contributed by atoms with E-state index in [0.29, 0.717) is 18.9 Å². The maximum atomic E-state index is 11.9. The van der Waals surface area contributed by atoms with Crippen LogP contribution in [0.2, 0.25) is 0 Å². The van der Waals surface area contributed by atoms with E-state index in [1.807, 2.05) is 20.8 Å². The van der Waals surface area contributed by atoms with Crippen molar-refractivity contribution < 1.29 is 14.6 Å². The van der Waals surface area contributed by atoms with Gasteiger partial charge in [-0.2, -0.15) is 0 Å². The minimum atomic E-state index is -0.831. The van der Waals surface area contributed by atoms with Crippen molar-refractivity contribution in [2.24, 2.45) is 11.8 Å². The van der Waals surface area contributed by atoms with E-state index < -0.39 is 5.60 Å². The second kappa shape index (κ2) is 5.67. The van der Waals surface area contributed by atoms with E-state index in [1.165, 1.54) is 0 Å². The first kappa shape index (κ1) is 13.5. The predicted octanol–water partition coefficient (Wildman–Crippen LogP) is 2.52. The van der Waals surface area contributed by atoms with E-state index in [9.17, 15) is 9.90 Å². The normalized spacial score (nSPS) is 21.2. The summed E-state index contributed by atoms with van der Waals surface area (Å²) < 4.78 is 5.08. The fourth-order valence-electron chi connectivity index (χ4n) is 2.51. The van der Waals surface area contributed by atoms with Gasteiger partial charge in [0.1, 0.15) is 0 Å². The lowest BCUT2D eigenvalue weighted by Gasteiger charge is -2.34. The molecule has 1 aliphatic carbocycles. The molecule has 0 amide bonds. The van der Waals surface area contributed by atoms with Gasteiger partial charge < -0.3 is 9.84 Å². The summed E-state index contributed by atoms with van der Waals surface area (Å²) in [4.78, 5) is 11.9. The maximum Gasteiger partial charge on any atom is 0.311 e. The van der Waals surface area contributed by atoms with E-state index in [0.717, 1.165) is 25.7 Å². The van der Waals surface area contributed by atoms with Gasteiger partial charge in [-0.3, -0.25) is 4.79 Å². The molecule has 16 heavy (non-hydrogen) atoms. The Bertz CT molecular complexity index is 235. The Balaban J connectivity index is 2.76. The third kappa shape index (κ3) is 2.76. The summed E-state index contributed by atoms with van der Waals surface area (Å²) in [6, 6.07) is 0. The van der Waals surface area contributed by atoms with Gasteiger partial charge in [-0.1, -0.05) is 20.3 Å². The number of esters is 1. The Morgan fingerprint density at radius 3 is 2.44 bits per heavy atom. The van der Waals surface area contributed by atoms with Crippen LogP contribution in [0.3, 0.4) is 0 Å². The Morgan fingerprint density at radius 2 is 2.06 bits per heavy atom. The summed E-state index contributed by atoms with van der Waals surface area (Å²) in [7, 11) is 0. The van der Waals surface area contributed by atoms with E-state index >= 15 is 0 Å². The molecule has 0 aromatic rings. The molecule has 1 saturated carbocycles.